The molecule has 0 radical (unpaired) electrons. The second kappa shape index (κ2) is 4.88. The minimum absolute atomic E-state index is 0.0901. The zero-order valence-electron chi connectivity index (χ0n) is 11.7. The van der Waals surface area contributed by atoms with Gasteiger partial charge in [-0.15, -0.1) is 0 Å². The lowest BCUT2D eigenvalue weighted by atomic mass is 9.81. The summed E-state index contributed by atoms with van der Waals surface area (Å²) in [6, 6.07) is 0. The van der Waals surface area contributed by atoms with Crippen molar-refractivity contribution in [1.82, 2.24) is 5.32 Å². The molecule has 1 aliphatic carbocycles. The van der Waals surface area contributed by atoms with Crippen LogP contribution in [0.25, 0.3) is 0 Å². The predicted molar refractivity (Wildman–Crippen MR) is 67.2 cm³/mol. The number of alkyl carbamates (subject to hydrolysis) is 1. The van der Waals surface area contributed by atoms with Crippen LogP contribution < -0.4 is 5.32 Å². The molecule has 0 aromatic rings. The molecule has 0 unspecified atom stereocenters. The van der Waals surface area contributed by atoms with Gasteiger partial charge in [-0.3, -0.25) is 0 Å². The van der Waals surface area contributed by atoms with Crippen molar-refractivity contribution in [2.24, 2.45) is 11.8 Å². The van der Waals surface area contributed by atoms with Crippen molar-refractivity contribution in [3.8, 4) is 0 Å². The second-order valence-electron chi connectivity index (χ2n) is 5.40. The SMILES string of the molecule is CNC(=O)O[C@@H]1OC=C(C(=O)O)[C@H]2C[C@@H]3O[C@@]3(COC)[C@H]12. The summed E-state index contributed by atoms with van der Waals surface area (Å²) in [5.74, 6) is -1.70. The van der Waals surface area contributed by atoms with E-state index in [1.54, 1.807) is 7.11 Å². The van der Waals surface area contributed by atoms with E-state index in [9.17, 15) is 14.7 Å². The van der Waals surface area contributed by atoms with Crippen molar-refractivity contribution in [2.75, 3.05) is 20.8 Å². The molecule has 3 rings (SSSR count). The summed E-state index contributed by atoms with van der Waals surface area (Å²) in [5.41, 5.74) is -0.449. The number of fused-ring (bicyclic) bond motifs is 3. The third-order valence-corrected chi connectivity index (χ3v) is 4.38. The second-order valence-corrected chi connectivity index (χ2v) is 5.40. The number of carboxylic acids is 1. The maximum Gasteiger partial charge on any atom is 0.409 e. The molecule has 8 nitrogen and oxygen atoms in total. The van der Waals surface area contributed by atoms with Crippen LogP contribution in [0.1, 0.15) is 6.42 Å². The first-order valence-corrected chi connectivity index (χ1v) is 6.67. The van der Waals surface area contributed by atoms with Gasteiger partial charge in [0.05, 0.1) is 30.5 Å². The molecule has 5 atom stereocenters. The van der Waals surface area contributed by atoms with Crippen LogP contribution in [0.15, 0.2) is 11.8 Å². The molecule has 2 fully saturated rings. The Morgan fingerprint density at radius 3 is 2.95 bits per heavy atom. The van der Waals surface area contributed by atoms with Gasteiger partial charge in [0.15, 0.2) is 0 Å². The van der Waals surface area contributed by atoms with Crippen LogP contribution in [-0.4, -0.2) is 55.9 Å². The zero-order chi connectivity index (χ0) is 15.2. The van der Waals surface area contributed by atoms with Crippen LogP contribution in [0.5, 0.6) is 0 Å². The average molecular weight is 299 g/mol. The smallest absolute Gasteiger partial charge is 0.409 e. The summed E-state index contributed by atoms with van der Waals surface area (Å²) >= 11 is 0. The van der Waals surface area contributed by atoms with Crippen LogP contribution in [0.4, 0.5) is 4.79 Å². The van der Waals surface area contributed by atoms with Crippen molar-refractivity contribution in [3.05, 3.63) is 11.8 Å². The van der Waals surface area contributed by atoms with E-state index in [2.05, 4.69) is 5.32 Å². The van der Waals surface area contributed by atoms with E-state index in [0.717, 1.165) is 0 Å². The number of aliphatic carboxylic acids is 1. The summed E-state index contributed by atoms with van der Waals surface area (Å²) in [6.07, 6.45) is 0.113. The zero-order valence-corrected chi connectivity index (χ0v) is 11.7. The largest absolute Gasteiger partial charge is 0.478 e. The Balaban J connectivity index is 1.89. The Labute approximate surface area is 121 Å². The van der Waals surface area contributed by atoms with Gasteiger partial charge in [0, 0.05) is 20.1 Å². The van der Waals surface area contributed by atoms with E-state index in [0.29, 0.717) is 13.0 Å². The molecule has 8 heteroatoms. The number of carbonyl (C=O) groups is 2. The number of carbonyl (C=O) groups excluding carboxylic acids is 1. The fourth-order valence-electron chi connectivity index (χ4n) is 3.47. The van der Waals surface area contributed by atoms with Gasteiger partial charge in [0.25, 0.3) is 6.29 Å². The van der Waals surface area contributed by atoms with E-state index >= 15 is 0 Å². The molecule has 2 heterocycles. The lowest BCUT2D eigenvalue weighted by Gasteiger charge is -2.36. The van der Waals surface area contributed by atoms with Crippen LogP contribution in [0, 0.1) is 11.8 Å². The molecule has 3 aliphatic rings. The van der Waals surface area contributed by atoms with E-state index in [-0.39, 0.29) is 17.6 Å². The number of amides is 1. The highest BCUT2D eigenvalue weighted by atomic mass is 16.7. The fraction of sp³-hybridized carbons (Fsp3) is 0.692. The van der Waals surface area contributed by atoms with Crippen molar-refractivity contribution >= 4 is 12.1 Å². The number of ether oxygens (including phenoxy) is 4. The summed E-state index contributed by atoms with van der Waals surface area (Å²) in [5, 5.41) is 11.6. The summed E-state index contributed by atoms with van der Waals surface area (Å²) < 4.78 is 21.4. The molecule has 2 aliphatic heterocycles. The number of nitrogens with one attached hydrogen (secondary N) is 1. The van der Waals surface area contributed by atoms with Gasteiger partial charge in [-0.2, -0.15) is 0 Å². The van der Waals surface area contributed by atoms with Crippen LogP contribution in [0.2, 0.25) is 0 Å². The van der Waals surface area contributed by atoms with Crippen LogP contribution >= 0.6 is 0 Å². The Morgan fingerprint density at radius 1 is 1.57 bits per heavy atom. The maximum absolute atomic E-state index is 11.4. The lowest BCUT2D eigenvalue weighted by molar-refractivity contribution is -0.153. The highest BCUT2D eigenvalue weighted by Crippen LogP contribution is 2.61. The summed E-state index contributed by atoms with van der Waals surface area (Å²) in [6.45, 7) is 0.308. The number of rotatable bonds is 4. The Hall–Kier alpha value is -1.80. The van der Waals surface area contributed by atoms with Crippen LogP contribution in [0.3, 0.4) is 0 Å². The van der Waals surface area contributed by atoms with Gasteiger partial charge in [0.1, 0.15) is 5.60 Å². The minimum Gasteiger partial charge on any atom is -0.478 e. The molecule has 2 N–H and O–H groups in total. The number of carboxylic acid groups (broad SMARTS) is 1. The number of hydrogen-bond acceptors (Lipinski definition) is 6. The molecule has 1 saturated carbocycles. The van der Waals surface area contributed by atoms with Gasteiger partial charge >= 0.3 is 12.1 Å². The first kappa shape index (κ1) is 14.2. The third-order valence-electron chi connectivity index (χ3n) is 4.38. The molecule has 0 aromatic carbocycles. The monoisotopic (exact) mass is 299 g/mol. The summed E-state index contributed by atoms with van der Waals surface area (Å²) in [4.78, 5) is 22.8. The molecular formula is C13H17NO7. The first-order valence-electron chi connectivity index (χ1n) is 6.67. The van der Waals surface area contributed by atoms with Gasteiger partial charge in [-0.1, -0.05) is 0 Å². The first-order chi connectivity index (χ1) is 10.0. The molecular weight excluding hydrogens is 282 g/mol. The normalized spacial score (nSPS) is 39.4. The molecule has 1 saturated heterocycles. The Kier molecular flexibility index (Phi) is 3.29. The van der Waals surface area contributed by atoms with E-state index in [1.807, 2.05) is 0 Å². The highest BCUT2D eigenvalue weighted by Gasteiger charge is 2.73. The summed E-state index contributed by atoms with van der Waals surface area (Å²) in [7, 11) is 2.99. The molecule has 21 heavy (non-hydrogen) atoms. The van der Waals surface area contributed by atoms with Gasteiger partial charge < -0.3 is 29.4 Å². The Bertz CT molecular complexity index is 505. The number of hydrogen-bond donors (Lipinski definition) is 2. The van der Waals surface area contributed by atoms with Gasteiger partial charge in [0.2, 0.25) is 0 Å². The molecule has 0 aromatic heterocycles. The van der Waals surface area contributed by atoms with Crippen molar-refractivity contribution in [2.45, 2.75) is 24.4 Å². The van der Waals surface area contributed by atoms with E-state index in [4.69, 9.17) is 18.9 Å². The quantitative estimate of drug-likeness (QED) is 0.708. The molecule has 0 spiro atoms. The highest BCUT2D eigenvalue weighted by molar-refractivity contribution is 5.87. The van der Waals surface area contributed by atoms with Crippen molar-refractivity contribution in [3.63, 3.8) is 0 Å². The standard InChI is InChI=1S/C13H17NO7/c1-14-12(17)20-11-9-6(7(4-19-11)10(15)16)3-8-13(9,21-8)5-18-2/h4,6,8-9,11H,3,5H2,1-2H3,(H,14,17)(H,15,16)/t6-,8+,9+,11+,13-/m1/s1. The number of methoxy groups -OCH3 is 1. The predicted octanol–water partition coefficient (Wildman–Crippen LogP) is 0.0873. The third kappa shape index (κ3) is 2.06. The molecule has 0 bridgehead atoms. The number of epoxide rings is 1. The van der Waals surface area contributed by atoms with Crippen LogP contribution in [-0.2, 0) is 23.7 Å². The fourth-order valence-corrected chi connectivity index (χ4v) is 3.47. The van der Waals surface area contributed by atoms with E-state index < -0.39 is 29.9 Å². The molecule has 116 valence electrons. The lowest BCUT2D eigenvalue weighted by Crippen LogP contribution is -2.46. The molecule has 1 amide bonds. The van der Waals surface area contributed by atoms with E-state index in [1.165, 1.54) is 13.3 Å². The van der Waals surface area contributed by atoms with Gasteiger partial charge in [-0.05, 0) is 6.42 Å². The van der Waals surface area contributed by atoms with Crippen molar-refractivity contribution in [1.29, 1.82) is 0 Å². The maximum atomic E-state index is 11.4. The minimum atomic E-state index is -1.03. The van der Waals surface area contributed by atoms with Crippen molar-refractivity contribution < 1.29 is 33.6 Å². The average Bonchev–Trinajstić information content (AvgIpc) is 3.03. The Morgan fingerprint density at radius 2 is 2.33 bits per heavy atom. The van der Waals surface area contributed by atoms with Gasteiger partial charge in [-0.25, -0.2) is 9.59 Å². The topological polar surface area (TPSA) is 107 Å².